The molecule has 2 N–H and O–H groups in total. The van der Waals surface area contributed by atoms with Crippen molar-refractivity contribution in [2.75, 3.05) is 0 Å². The van der Waals surface area contributed by atoms with Crippen molar-refractivity contribution in [2.24, 2.45) is 0 Å². The number of carbonyl (C=O) groups excluding carboxylic acids is 1. The maximum absolute atomic E-state index is 12.0. The molecule has 0 saturated carbocycles. The number of phenols is 1. The van der Waals surface area contributed by atoms with Crippen LogP contribution in [0.15, 0.2) is 22.7 Å². The Morgan fingerprint density at radius 3 is 2.84 bits per heavy atom. The molecular formula is C13H13ClN2O3. The van der Waals surface area contributed by atoms with Gasteiger partial charge in [0.05, 0.1) is 11.3 Å². The summed E-state index contributed by atoms with van der Waals surface area (Å²) in [5, 5.41) is 16.5. The van der Waals surface area contributed by atoms with E-state index in [4.69, 9.17) is 16.1 Å². The maximum Gasteiger partial charge on any atom is 0.255 e. The van der Waals surface area contributed by atoms with Gasteiger partial charge in [-0.25, -0.2) is 0 Å². The topological polar surface area (TPSA) is 75.4 Å². The SMILES string of the molecule is Cc1noc(C)c1CNC(=O)c1cc(Cl)ccc1O. The number of benzene rings is 1. The van der Waals surface area contributed by atoms with Gasteiger partial charge in [-0.1, -0.05) is 16.8 Å². The fraction of sp³-hybridized carbons (Fsp3) is 0.231. The molecule has 0 spiro atoms. The highest BCUT2D eigenvalue weighted by Gasteiger charge is 2.14. The molecule has 0 aliphatic heterocycles. The van der Waals surface area contributed by atoms with Crippen molar-refractivity contribution in [3.63, 3.8) is 0 Å². The Bertz CT molecular complexity index is 603. The monoisotopic (exact) mass is 280 g/mol. The van der Waals surface area contributed by atoms with Crippen LogP contribution in [-0.2, 0) is 6.54 Å². The number of aryl methyl sites for hydroxylation is 2. The molecule has 100 valence electrons. The predicted octanol–water partition coefficient (Wildman–Crippen LogP) is 2.58. The number of hydrogen-bond donors (Lipinski definition) is 2. The van der Waals surface area contributed by atoms with Gasteiger partial charge < -0.3 is 14.9 Å². The maximum atomic E-state index is 12.0. The van der Waals surface area contributed by atoms with E-state index >= 15 is 0 Å². The van der Waals surface area contributed by atoms with E-state index < -0.39 is 5.91 Å². The molecular weight excluding hydrogens is 268 g/mol. The summed E-state index contributed by atoms with van der Waals surface area (Å²) >= 11 is 5.79. The Labute approximate surface area is 115 Å². The molecule has 0 unspecified atom stereocenters. The molecule has 0 saturated heterocycles. The molecule has 0 bridgehead atoms. The van der Waals surface area contributed by atoms with Crippen molar-refractivity contribution in [2.45, 2.75) is 20.4 Å². The van der Waals surface area contributed by atoms with Gasteiger partial charge in [-0.05, 0) is 32.0 Å². The number of carbonyl (C=O) groups is 1. The Kier molecular flexibility index (Phi) is 3.76. The zero-order valence-corrected chi connectivity index (χ0v) is 11.3. The lowest BCUT2D eigenvalue weighted by Gasteiger charge is -2.07. The molecule has 0 fully saturated rings. The van der Waals surface area contributed by atoms with Gasteiger partial charge >= 0.3 is 0 Å². The van der Waals surface area contributed by atoms with Gasteiger partial charge in [-0.15, -0.1) is 0 Å². The largest absolute Gasteiger partial charge is 0.507 e. The Morgan fingerprint density at radius 2 is 2.21 bits per heavy atom. The molecule has 1 heterocycles. The third-order valence-electron chi connectivity index (χ3n) is 2.81. The lowest BCUT2D eigenvalue weighted by atomic mass is 10.1. The number of halogens is 1. The first-order chi connectivity index (χ1) is 8.99. The van der Waals surface area contributed by atoms with Gasteiger partial charge in [0.1, 0.15) is 11.5 Å². The van der Waals surface area contributed by atoms with Crippen molar-refractivity contribution in [3.8, 4) is 5.75 Å². The minimum Gasteiger partial charge on any atom is -0.507 e. The smallest absolute Gasteiger partial charge is 0.255 e. The van der Waals surface area contributed by atoms with Crippen molar-refractivity contribution in [1.82, 2.24) is 10.5 Å². The Morgan fingerprint density at radius 1 is 1.47 bits per heavy atom. The second-order valence-corrected chi connectivity index (χ2v) is 4.58. The fourth-order valence-electron chi connectivity index (χ4n) is 1.71. The molecule has 6 heteroatoms. The summed E-state index contributed by atoms with van der Waals surface area (Å²) in [6, 6.07) is 4.31. The second-order valence-electron chi connectivity index (χ2n) is 4.15. The number of hydrogen-bond acceptors (Lipinski definition) is 4. The van der Waals surface area contributed by atoms with Crippen LogP contribution in [0.25, 0.3) is 0 Å². The van der Waals surface area contributed by atoms with Crippen LogP contribution in [0.3, 0.4) is 0 Å². The van der Waals surface area contributed by atoms with Gasteiger partial charge in [0, 0.05) is 17.1 Å². The van der Waals surface area contributed by atoms with Crippen molar-refractivity contribution < 1.29 is 14.4 Å². The molecule has 19 heavy (non-hydrogen) atoms. The molecule has 5 nitrogen and oxygen atoms in total. The normalized spacial score (nSPS) is 10.5. The summed E-state index contributed by atoms with van der Waals surface area (Å²) in [6.07, 6.45) is 0. The number of amides is 1. The van der Waals surface area contributed by atoms with E-state index in [1.165, 1.54) is 18.2 Å². The zero-order chi connectivity index (χ0) is 14.0. The highest BCUT2D eigenvalue weighted by molar-refractivity contribution is 6.31. The highest BCUT2D eigenvalue weighted by atomic mass is 35.5. The van der Waals surface area contributed by atoms with Crippen molar-refractivity contribution in [1.29, 1.82) is 0 Å². The van der Waals surface area contributed by atoms with E-state index in [1.807, 2.05) is 0 Å². The van der Waals surface area contributed by atoms with Gasteiger partial charge in [0.15, 0.2) is 0 Å². The number of aromatic nitrogens is 1. The molecule has 1 aromatic heterocycles. The Hall–Kier alpha value is -2.01. The summed E-state index contributed by atoms with van der Waals surface area (Å²) in [5.41, 5.74) is 1.70. The zero-order valence-electron chi connectivity index (χ0n) is 10.5. The first-order valence-electron chi connectivity index (χ1n) is 5.67. The summed E-state index contributed by atoms with van der Waals surface area (Å²) in [7, 11) is 0. The van der Waals surface area contributed by atoms with E-state index in [0.29, 0.717) is 10.8 Å². The first-order valence-corrected chi connectivity index (χ1v) is 6.05. The lowest BCUT2D eigenvalue weighted by molar-refractivity contribution is 0.0948. The average Bonchev–Trinajstić information content (AvgIpc) is 2.69. The highest BCUT2D eigenvalue weighted by Crippen LogP contribution is 2.21. The second kappa shape index (κ2) is 5.32. The van der Waals surface area contributed by atoms with Crippen LogP contribution < -0.4 is 5.32 Å². The van der Waals surface area contributed by atoms with E-state index in [2.05, 4.69) is 10.5 Å². The van der Waals surface area contributed by atoms with E-state index in [0.717, 1.165) is 11.3 Å². The Balaban J connectivity index is 2.12. The summed E-state index contributed by atoms with van der Waals surface area (Å²) in [4.78, 5) is 12.0. The number of nitrogens with zero attached hydrogens (tertiary/aromatic N) is 1. The number of rotatable bonds is 3. The molecule has 1 amide bonds. The van der Waals surface area contributed by atoms with Crippen molar-refractivity contribution >= 4 is 17.5 Å². The molecule has 0 aliphatic carbocycles. The van der Waals surface area contributed by atoms with Gasteiger partial charge in [0.2, 0.25) is 0 Å². The van der Waals surface area contributed by atoms with Gasteiger partial charge in [0.25, 0.3) is 5.91 Å². The average molecular weight is 281 g/mol. The van der Waals surface area contributed by atoms with Crippen LogP contribution in [-0.4, -0.2) is 16.2 Å². The summed E-state index contributed by atoms with van der Waals surface area (Å²) < 4.78 is 5.00. The van der Waals surface area contributed by atoms with E-state index in [9.17, 15) is 9.90 Å². The number of aromatic hydroxyl groups is 1. The molecule has 0 atom stereocenters. The van der Waals surface area contributed by atoms with Gasteiger partial charge in [-0.2, -0.15) is 0 Å². The van der Waals surface area contributed by atoms with Crippen molar-refractivity contribution in [3.05, 3.63) is 45.8 Å². The first kappa shape index (κ1) is 13.4. The quantitative estimate of drug-likeness (QED) is 0.906. The molecule has 1 aromatic carbocycles. The van der Waals surface area contributed by atoms with Crippen LogP contribution >= 0.6 is 11.6 Å². The van der Waals surface area contributed by atoms with Gasteiger partial charge in [-0.3, -0.25) is 4.79 Å². The van der Waals surface area contributed by atoms with E-state index in [-0.39, 0.29) is 17.9 Å². The van der Waals surface area contributed by atoms with Crippen LogP contribution in [0, 0.1) is 13.8 Å². The minimum absolute atomic E-state index is 0.110. The number of phenolic OH excluding ortho intramolecular Hbond substituents is 1. The van der Waals surface area contributed by atoms with Crippen LogP contribution in [0.5, 0.6) is 5.75 Å². The fourth-order valence-corrected chi connectivity index (χ4v) is 1.88. The molecule has 0 aliphatic rings. The van der Waals surface area contributed by atoms with Crippen LogP contribution in [0.2, 0.25) is 5.02 Å². The van der Waals surface area contributed by atoms with E-state index in [1.54, 1.807) is 13.8 Å². The summed E-state index contributed by atoms with van der Waals surface area (Å²) in [6.45, 7) is 3.86. The third kappa shape index (κ3) is 2.88. The number of nitrogens with one attached hydrogen (secondary N) is 1. The summed E-state index contributed by atoms with van der Waals surface area (Å²) in [5.74, 6) is 0.147. The predicted molar refractivity (Wildman–Crippen MR) is 70.3 cm³/mol. The molecule has 0 radical (unpaired) electrons. The standard InChI is InChI=1S/C13H13ClN2O3/c1-7-11(8(2)19-16-7)6-15-13(18)10-5-9(14)3-4-12(10)17/h3-5,17H,6H2,1-2H3,(H,15,18). The minimum atomic E-state index is -0.403. The van der Waals surface area contributed by atoms with Crippen LogP contribution in [0.1, 0.15) is 27.4 Å². The third-order valence-corrected chi connectivity index (χ3v) is 3.05. The molecule has 2 aromatic rings. The lowest BCUT2D eigenvalue weighted by Crippen LogP contribution is -2.23. The molecule has 2 rings (SSSR count). The van der Waals surface area contributed by atoms with Crippen LogP contribution in [0.4, 0.5) is 0 Å².